The Morgan fingerprint density at radius 1 is 1.20 bits per heavy atom. The monoisotopic (exact) mass is 148 g/mol. The molecule has 1 aromatic carbocycles. The minimum atomic E-state index is -0.0689. The van der Waals surface area contributed by atoms with Gasteiger partial charge in [0, 0.05) is 0 Å². The number of phenolic OH excluding ortho intramolecular Hbond substituents is 2. The van der Waals surface area contributed by atoms with Gasteiger partial charge in [0.25, 0.3) is 0 Å². The summed E-state index contributed by atoms with van der Waals surface area (Å²) in [5, 5.41) is 17.6. The third kappa shape index (κ3) is 2.21. The predicted molar refractivity (Wildman–Crippen MR) is 35.6 cm³/mol. The van der Waals surface area contributed by atoms with Crippen LogP contribution in [0.2, 0.25) is 0 Å². The van der Waals surface area contributed by atoms with Gasteiger partial charge in [-0.25, -0.2) is 0 Å². The fourth-order valence-electron chi connectivity index (χ4n) is 0.633. The molecule has 0 heterocycles. The Labute approximate surface area is 83.3 Å². The van der Waals surface area contributed by atoms with Crippen molar-refractivity contribution in [1.29, 1.82) is 0 Å². The van der Waals surface area contributed by atoms with E-state index in [2.05, 4.69) is 0 Å². The molecule has 0 aromatic heterocycles. The Morgan fingerprint density at radius 3 is 2.20 bits per heavy atom. The third-order valence-electron chi connectivity index (χ3n) is 1.13. The second-order valence-electron chi connectivity index (χ2n) is 1.99. The molecule has 0 fully saturated rings. The van der Waals surface area contributed by atoms with Crippen molar-refractivity contribution in [3.8, 4) is 11.5 Å². The number of rotatable bonds is 0. The first-order valence-electron chi connectivity index (χ1n) is 2.69. The van der Waals surface area contributed by atoms with Gasteiger partial charge in [-0.3, -0.25) is 0 Å². The Bertz CT molecular complexity index is 228. The fraction of sp³-hybridized carbons (Fsp3) is 0.143. The maximum absolute atomic E-state index is 8.85. The first-order valence-corrected chi connectivity index (χ1v) is 2.69. The summed E-state index contributed by atoms with van der Waals surface area (Å²) < 4.78 is 0. The second-order valence-corrected chi connectivity index (χ2v) is 1.99. The summed E-state index contributed by atoms with van der Waals surface area (Å²) in [7, 11) is 0. The maximum atomic E-state index is 8.85. The van der Waals surface area contributed by atoms with Gasteiger partial charge in [0.2, 0.25) is 0 Å². The van der Waals surface area contributed by atoms with E-state index in [-0.39, 0.29) is 42.5 Å². The van der Waals surface area contributed by atoms with Crippen LogP contribution < -0.4 is 29.6 Å². The van der Waals surface area contributed by atoms with Crippen molar-refractivity contribution >= 4 is 0 Å². The van der Waals surface area contributed by atoms with Gasteiger partial charge in [-0.1, -0.05) is 6.07 Å². The van der Waals surface area contributed by atoms with Crippen LogP contribution in [0.25, 0.3) is 0 Å². The Hall–Kier alpha value is -0.180. The minimum absolute atomic E-state index is 0. The molecule has 2 nitrogen and oxygen atoms in total. The van der Waals surface area contributed by atoms with Crippen LogP contribution in [-0.2, 0) is 0 Å². The van der Waals surface area contributed by atoms with Gasteiger partial charge in [-0.2, -0.15) is 0 Å². The van der Waals surface area contributed by atoms with Gasteiger partial charge < -0.3 is 11.6 Å². The number of phenols is 2. The van der Waals surface area contributed by atoms with E-state index in [1.165, 1.54) is 12.1 Å². The van der Waals surface area contributed by atoms with E-state index in [4.69, 9.17) is 10.2 Å². The SMILES string of the molecule is Cc1ccc(O)c(O)c1.[H-].[Na+]. The molecule has 1 aromatic rings. The van der Waals surface area contributed by atoms with Crippen LogP contribution in [-0.4, -0.2) is 10.2 Å². The van der Waals surface area contributed by atoms with Crippen molar-refractivity contribution < 1.29 is 41.2 Å². The molecule has 0 bridgehead atoms. The molecule has 10 heavy (non-hydrogen) atoms. The Morgan fingerprint density at radius 2 is 1.80 bits per heavy atom. The molecule has 0 saturated heterocycles. The van der Waals surface area contributed by atoms with E-state index in [1.807, 2.05) is 6.92 Å². The van der Waals surface area contributed by atoms with Crippen molar-refractivity contribution in [1.82, 2.24) is 0 Å². The maximum Gasteiger partial charge on any atom is 1.00 e. The zero-order chi connectivity index (χ0) is 6.85. The smallest absolute Gasteiger partial charge is 1.00 e. The molecular formula is C7H9NaO2. The molecule has 1 rings (SSSR count). The number of aryl methyl sites for hydroxylation is 1. The van der Waals surface area contributed by atoms with Crippen molar-refractivity contribution in [2.75, 3.05) is 0 Å². The van der Waals surface area contributed by atoms with E-state index >= 15 is 0 Å². The average Bonchev–Trinajstić information content (AvgIpc) is 1.80. The van der Waals surface area contributed by atoms with Crippen LogP contribution in [0.3, 0.4) is 0 Å². The normalized spacial score (nSPS) is 8.50. The molecule has 0 unspecified atom stereocenters. The molecule has 3 heteroatoms. The summed E-state index contributed by atoms with van der Waals surface area (Å²) in [5.74, 6) is -0.129. The van der Waals surface area contributed by atoms with Crippen LogP contribution in [0.15, 0.2) is 18.2 Å². The van der Waals surface area contributed by atoms with Crippen LogP contribution in [0.5, 0.6) is 11.5 Å². The van der Waals surface area contributed by atoms with E-state index in [0.717, 1.165) is 5.56 Å². The van der Waals surface area contributed by atoms with Crippen molar-refractivity contribution in [3.63, 3.8) is 0 Å². The number of aromatic hydroxyl groups is 2. The van der Waals surface area contributed by atoms with Crippen molar-refractivity contribution in [3.05, 3.63) is 23.8 Å². The largest absolute Gasteiger partial charge is 1.00 e. The average molecular weight is 148 g/mol. The predicted octanol–water partition coefficient (Wildman–Crippen LogP) is -1.48. The fourth-order valence-corrected chi connectivity index (χ4v) is 0.633. The van der Waals surface area contributed by atoms with Gasteiger partial charge in [0.15, 0.2) is 11.5 Å². The zero-order valence-corrected chi connectivity index (χ0v) is 8.13. The van der Waals surface area contributed by atoms with Gasteiger partial charge in [-0.15, -0.1) is 0 Å². The van der Waals surface area contributed by atoms with E-state index in [0.29, 0.717) is 0 Å². The molecule has 50 valence electrons. The van der Waals surface area contributed by atoms with Gasteiger partial charge in [0.05, 0.1) is 0 Å². The molecule has 0 aliphatic heterocycles. The number of benzene rings is 1. The van der Waals surface area contributed by atoms with Gasteiger partial charge >= 0.3 is 29.6 Å². The summed E-state index contributed by atoms with van der Waals surface area (Å²) in [4.78, 5) is 0. The molecule has 0 aliphatic carbocycles. The van der Waals surface area contributed by atoms with E-state index < -0.39 is 0 Å². The molecule has 0 radical (unpaired) electrons. The summed E-state index contributed by atoms with van der Waals surface area (Å²) >= 11 is 0. The summed E-state index contributed by atoms with van der Waals surface area (Å²) in [5.41, 5.74) is 0.935. The van der Waals surface area contributed by atoms with Crippen LogP contribution in [0, 0.1) is 6.92 Å². The first kappa shape index (κ1) is 9.82. The topological polar surface area (TPSA) is 40.5 Å². The molecule has 0 saturated carbocycles. The number of hydrogen-bond acceptors (Lipinski definition) is 2. The molecule has 0 aliphatic rings. The van der Waals surface area contributed by atoms with Crippen molar-refractivity contribution in [2.45, 2.75) is 6.92 Å². The van der Waals surface area contributed by atoms with E-state index in [1.54, 1.807) is 6.07 Å². The Balaban J connectivity index is 0. The molecule has 0 amide bonds. The van der Waals surface area contributed by atoms with Crippen LogP contribution in [0.4, 0.5) is 0 Å². The summed E-state index contributed by atoms with van der Waals surface area (Å²) in [6.07, 6.45) is 0. The van der Waals surface area contributed by atoms with Gasteiger partial charge in [-0.05, 0) is 24.6 Å². The van der Waals surface area contributed by atoms with Gasteiger partial charge in [0.1, 0.15) is 0 Å². The Kier molecular flexibility index (Phi) is 3.79. The molecule has 2 N–H and O–H groups in total. The first-order chi connectivity index (χ1) is 4.20. The van der Waals surface area contributed by atoms with E-state index in [9.17, 15) is 0 Å². The van der Waals surface area contributed by atoms with Crippen molar-refractivity contribution in [2.24, 2.45) is 0 Å². The second kappa shape index (κ2) is 3.86. The zero-order valence-electron chi connectivity index (χ0n) is 7.13. The third-order valence-corrected chi connectivity index (χ3v) is 1.13. The minimum Gasteiger partial charge on any atom is -1.00 e. The molecule has 0 spiro atoms. The quantitative estimate of drug-likeness (QED) is 0.348. The summed E-state index contributed by atoms with van der Waals surface area (Å²) in [6.45, 7) is 1.85. The number of hydrogen-bond donors (Lipinski definition) is 2. The standard InChI is InChI=1S/C7H8O2.Na.H/c1-5-2-3-6(8)7(9)4-5;;/h2-4,8-9H,1H3;;/q;+1;-1. The molecule has 0 atom stereocenters. The van der Waals surface area contributed by atoms with Crippen LogP contribution in [0.1, 0.15) is 6.99 Å². The molecular weight excluding hydrogens is 139 g/mol. The summed E-state index contributed by atoms with van der Waals surface area (Å²) in [6, 6.07) is 4.70. The van der Waals surface area contributed by atoms with Crippen LogP contribution >= 0.6 is 0 Å².